The largest absolute Gasteiger partial charge is 0.389 e. The molecular weight excluding hydrogens is 508 g/mol. The summed E-state index contributed by atoms with van der Waals surface area (Å²) in [6.45, 7) is 3.77. The topological polar surface area (TPSA) is 76.0 Å². The minimum atomic E-state index is -0.972. The van der Waals surface area contributed by atoms with E-state index < -0.39 is 11.2 Å². The highest BCUT2D eigenvalue weighted by molar-refractivity contribution is 7.98. The number of benzene rings is 1. The first-order valence-electron chi connectivity index (χ1n) is 15.3. The number of Topliss-reactive ketones (excluding diaryl/α,β-unsaturated/α-hetero) is 1. The monoisotopic (exact) mass is 554 g/mol. The zero-order valence-corrected chi connectivity index (χ0v) is 24.6. The Kier molecular flexibility index (Phi) is 7.82. The van der Waals surface area contributed by atoms with Crippen LogP contribution in [0.25, 0.3) is 0 Å². The molecule has 0 spiro atoms. The summed E-state index contributed by atoms with van der Waals surface area (Å²) in [6, 6.07) is 8.94. The lowest BCUT2D eigenvalue weighted by atomic mass is 9.49. The van der Waals surface area contributed by atoms with E-state index in [0.717, 1.165) is 70.0 Å². The molecule has 0 aromatic heterocycles. The number of ketones is 1. The number of aliphatic hydroxyl groups is 2. The predicted molar refractivity (Wildman–Crippen MR) is 154 cm³/mol. The van der Waals surface area contributed by atoms with Crippen LogP contribution in [0.2, 0.25) is 0 Å². The zero-order chi connectivity index (χ0) is 27.3. The van der Waals surface area contributed by atoms with Gasteiger partial charge in [-0.15, -0.1) is 11.8 Å². The van der Waals surface area contributed by atoms with E-state index in [1.807, 2.05) is 0 Å². The number of carbonyl (C=O) groups is 1. The van der Waals surface area contributed by atoms with E-state index in [1.54, 1.807) is 11.8 Å². The van der Waals surface area contributed by atoms with Gasteiger partial charge in [-0.25, -0.2) is 0 Å². The van der Waals surface area contributed by atoms with Gasteiger partial charge in [-0.1, -0.05) is 24.6 Å². The minimum Gasteiger partial charge on any atom is -0.389 e. The van der Waals surface area contributed by atoms with Gasteiger partial charge in [0.05, 0.1) is 11.2 Å². The molecule has 0 bridgehead atoms. The predicted octanol–water partition coefficient (Wildman–Crippen LogP) is 6.56. The van der Waals surface area contributed by atoms with Crippen LogP contribution in [0.1, 0.15) is 102 Å². The maximum atomic E-state index is 12.4. The number of fused-ring (bicyclic) bond motifs is 4. The zero-order valence-electron chi connectivity index (χ0n) is 23.8. The van der Waals surface area contributed by atoms with Crippen molar-refractivity contribution in [2.75, 3.05) is 19.5 Å². The summed E-state index contributed by atoms with van der Waals surface area (Å²) in [4.78, 5) is 13.7. The van der Waals surface area contributed by atoms with Gasteiger partial charge in [0.2, 0.25) is 0 Å². The van der Waals surface area contributed by atoms with E-state index in [-0.39, 0.29) is 29.8 Å². The van der Waals surface area contributed by atoms with Crippen molar-refractivity contribution in [1.29, 1.82) is 0 Å². The van der Waals surface area contributed by atoms with Gasteiger partial charge in [0, 0.05) is 42.3 Å². The molecule has 7 atom stereocenters. The first kappa shape index (κ1) is 28.0. The summed E-state index contributed by atoms with van der Waals surface area (Å²) >= 11 is 1.75. The molecule has 4 fully saturated rings. The lowest BCUT2D eigenvalue weighted by Crippen LogP contribution is -2.53. The van der Waals surface area contributed by atoms with Gasteiger partial charge in [-0.05, 0) is 112 Å². The van der Waals surface area contributed by atoms with Crippen LogP contribution in [0, 0.1) is 17.3 Å². The quantitative estimate of drug-likeness (QED) is 0.226. The third-order valence-corrected chi connectivity index (χ3v) is 12.0. The van der Waals surface area contributed by atoms with Crippen molar-refractivity contribution in [2.24, 2.45) is 17.3 Å². The molecule has 4 aliphatic carbocycles. The number of ether oxygens (including phenoxy) is 2. The van der Waals surface area contributed by atoms with Crippen molar-refractivity contribution in [2.45, 2.75) is 119 Å². The Morgan fingerprint density at radius 3 is 2.64 bits per heavy atom. The highest BCUT2D eigenvalue weighted by Gasteiger charge is 2.63. The van der Waals surface area contributed by atoms with E-state index in [9.17, 15) is 15.0 Å². The van der Waals surface area contributed by atoms with Crippen molar-refractivity contribution in [3.63, 3.8) is 0 Å². The number of thioether (sulfide) groups is 1. The number of hydrogen-bond acceptors (Lipinski definition) is 6. The average Bonchev–Trinajstić information content (AvgIpc) is 3.20. The normalized spacial score (nSPS) is 40.3. The highest BCUT2D eigenvalue weighted by atomic mass is 32.2. The molecule has 214 valence electrons. The summed E-state index contributed by atoms with van der Waals surface area (Å²) in [5.74, 6) is 1.12. The fourth-order valence-corrected chi connectivity index (χ4v) is 9.57. The van der Waals surface area contributed by atoms with Gasteiger partial charge < -0.3 is 19.7 Å². The van der Waals surface area contributed by atoms with Crippen molar-refractivity contribution in [3.05, 3.63) is 41.0 Å². The van der Waals surface area contributed by atoms with Crippen LogP contribution in [-0.2, 0) is 14.3 Å². The van der Waals surface area contributed by atoms with Crippen molar-refractivity contribution in [3.8, 4) is 0 Å². The second kappa shape index (κ2) is 10.9. The van der Waals surface area contributed by atoms with Gasteiger partial charge in [0.1, 0.15) is 5.78 Å². The van der Waals surface area contributed by atoms with Crippen LogP contribution in [-0.4, -0.2) is 53.0 Å². The summed E-state index contributed by atoms with van der Waals surface area (Å²) in [5.41, 5.74) is 1.96. The maximum Gasteiger partial charge on any atom is 0.157 e. The maximum absolute atomic E-state index is 12.4. The number of carbonyl (C=O) groups excluding carboxylic acids is 1. The van der Waals surface area contributed by atoms with Crippen LogP contribution in [0.4, 0.5) is 0 Å². The van der Waals surface area contributed by atoms with Crippen LogP contribution < -0.4 is 0 Å². The molecule has 1 heterocycles. The molecule has 0 amide bonds. The lowest BCUT2D eigenvalue weighted by molar-refractivity contribution is -0.167. The van der Waals surface area contributed by atoms with Crippen molar-refractivity contribution >= 4 is 17.5 Å². The standard InChI is InChI=1S/C33H46O5S/c1-31-21-26(22-7-10-24(39-2)11-8-22)30-25(13-16-32(35)20-23(34)9-12-28(30)32)27(31)14-17-33(31,36)15-5-19-38-29-6-3-4-18-37-29/h7-8,10-11,25-27,29,35-36H,3-6,9,12-21H2,1-2H3/t25-,26+,27-,29?,31-,32+,33-/m0/s1. The second-order valence-corrected chi connectivity index (χ2v) is 14.1. The van der Waals surface area contributed by atoms with Gasteiger partial charge in [0.25, 0.3) is 0 Å². The molecule has 1 aliphatic heterocycles. The van der Waals surface area contributed by atoms with E-state index >= 15 is 0 Å². The number of allylic oxidation sites excluding steroid dienone is 1. The lowest BCUT2D eigenvalue weighted by Gasteiger charge is -2.56. The summed E-state index contributed by atoms with van der Waals surface area (Å²) < 4.78 is 11.8. The molecule has 5 aliphatic rings. The Bertz CT molecular complexity index is 1090. The van der Waals surface area contributed by atoms with Crippen LogP contribution in [0.15, 0.2) is 40.3 Å². The van der Waals surface area contributed by atoms with E-state index in [4.69, 9.17) is 9.47 Å². The summed E-state index contributed by atoms with van der Waals surface area (Å²) in [7, 11) is 0. The molecule has 1 aromatic carbocycles. The fraction of sp³-hybridized carbons (Fsp3) is 0.727. The molecule has 6 rings (SSSR count). The second-order valence-electron chi connectivity index (χ2n) is 13.2. The van der Waals surface area contributed by atoms with Crippen LogP contribution in [0.3, 0.4) is 0 Å². The SMILES string of the molecule is CSc1ccc([C@H]2C[C@@]3(C)[C@@H](CC[C@@]3(O)CCCOC3CCCCO3)[C@@H]3CC[C@@]4(O)CC(=O)CCC4=C32)cc1. The minimum absolute atomic E-state index is 0.0823. The summed E-state index contributed by atoms with van der Waals surface area (Å²) in [6.07, 6.45) is 12.7. The highest BCUT2D eigenvalue weighted by Crippen LogP contribution is 2.68. The molecule has 3 saturated carbocycles. The Balaban J connectivity index is 1.30. The van der Waals surface area contributed by atoms with E-state index in [1.165, 1.54) is 16.0 Å². The molecule has 1 aromatic rings. The fourth-order valence-electron chi connectivity index (χ4n) is 9.16. The Morgan fingerprint density at radius 1 is 1.08 bits per heavy atom. The van der Waals surface area contributed by atoms with Crippen LogP contribution in [0.5, 0.6) is 0 Å². The Morgan fingerprint density at radius 2 is 1.90 bits per heavy atom. The average molecular weight is 555 g/mol. The smallest absolute Gasteiger partial charge is 0.157 e. The first-order valence-corrected chi connectivity index (χ1v) is 16.6. The molecule has 1 unspecified atom stereocenters. The van der Waals surface area contributed by atoms with Crippen LogP contribution >= 0.6 is 11.8 Å². The molecule has 2 N–H and O–H groups in total. The van der Waals surface area contributed by atoms with Gasteiger partial charge in [0.15, 0.2) is 6.29 Å². The van der Waals surface area contributed by atoms with Gasteiger partial charge in [-0.2, -0.15) is 0 Å². The number of hydrogen-bond donors (Lipinski definition) is 2. The third kappa shape index (κ3) is 4.97. The Hall–Kier alpha value is -1.18. The third-order valence-electron chi connectivity index (χ3n) is 11.3. The molecule has 6 heteroatoms. The number of rotatable bonds is 7. The molecule has 39 heavy (non-hydrogen) atoms. The molecule has 5 nitrogen and oxygen atoms in total. The van der Waals surface area contributed by atoms with Gasteiger partial charge in [-0.3, -0.25) is 4.79 Å². The van der Waals surface area contributed by atoms with Gasteiger partial charge >= 0.3 is 0 Å². The van der Waals surface area contributed by atoms with Crippen molar-refractivity contribution in [1.82, 2.24) is 0 Å². The first-order chi connectivity index (χ1) is 18.8. The van der Waals surface area contributed by atoms with E-state index in [2.05, 4.69) is 37.4 Å². The molecule has 1 saturated heterocycles. The summed E-state index contributed by atoms with van der Waals surface area (Å²) in [5, 5.41) is 24.1. The molecule has 0 radical (unpaired) electrons. The Labute approximate surface area is 238 Å². The van der Waals surface area contributed by atoms with Crippen molar-refractivity contribution < 1.29 is 24.5 Å². The van der Waals surface area contributed by atoms with E-state index in [0.29, 0.717) is 37.7 Å². The molecular formula is C33H46O5S.